The van der Waals surface area contributed by atoms with E-state index in [4.69, 9.17) is 4.74 Å². The van der Waals surface area contributed by atoms with E-state index in [0.717, 1.165) is 28.5 Å². The maximum Gasteiger partial charge on any atom is 0.319 e. The predicted octanol–water partition coefficient (Wildman–Crippen LogP) is 2.20. The second kappa shape index (κ2) is 5.28. The molecule has 0 amide bonds. The molecule has 1 aliphatic rings. The minimum absolute atomic E-state index is 0.157. The van der Waals surface area contributed by atoms with Gasteiger partial charge in [-0.3, -0.25) is 4.79 Å². The van der Waals surface area contributed by atoms with Gasteiger partial charge in [-0.2, -0.15) is 0 Å². The predicted molar refractivity (Wildman–Crippen MR) is 76.4 cm³/mol. The fourth-order valence-electron chi connectivity index (χ4n) is 2.19. The molecule has 1 aliphatic heterocycles. The maximum atomic E-state index is 11.5. The van der Waals surface area contributed by atoms with E-state index >= 15 is 0 Å². The lowest BCUT2D eigenvalue weighted by Crippen LogP contribution is -2.10. The molecule has 0 aliphatic carbocycles. The summed E-state index contributed by atoms with van der Waals surface area (Å²) >= 11 is 1.42. The lowest BCUT2D eigenvalue weighted by Gasteiger charge is -2.07. The fraction of sp³-hybridized carbons (Fsp3) is 0.357. The third-order valence-electron chi connectivity index (χ3n) is 3.36. The molecular formula is C14H15N3O2S. The van der Waals surface area contributed by atoms with Crippen molar-refractivity contribution in [3.05, 3.63) is 29.8 Å². The van der Waals surface area contributed by atoms with Crippen LogP contribution in [0.4, 0.5) is 0 Å². The number of thioether (sulfide) groups is 1. The molecule has 2 aromatic rings. The Morgan fingerprint density at radius 2 is 2.15 bits per heavy atom. The van der Waals surface area contributed by atoms with E-state index in [-0.39, 0.29) is 11.2 Å². The summed E-state index contributed by atoms with van der Waals surface area (Å²) < 4.78 is 6.90. The summed E-state index contributed by atoms with van der Waals surface area (Å²) in [4.78, 5) is 11.5. The third kappa shape index (κ3) is 2.31. The molecule has 1 aromatic heterocycles. The van der Waals surface area contributed by atoms with Crippen molar-refractivity contribution in [1.29, 1.82) is 0 Å². The minimum atomic E-state index is -0.164. The lowest BCUT2D eigenvalue weighted by atomic mass is 10.1. The van der Waals surface area contributed by atoms with Crippen molar-refractivity contribution in [1.82, 2.24) is 14.8 Å². The standard InChI is InChI=1S/C14H15N3O2S/c1-9-5-3-4-6-10(9)12-15-16-14(17(12)2)20-11-7-8-19-13(11)18/h3-6,11H,7-8H2,1-2H3/t11-/m1/s1. The highest BCUT2D eigenvalue weighted by Gasteiger charge is 2.29. The number of aromatic nitrogens is 3. The Bertz CT molecular complexity index is 654. The van der Waals surface area contributed by atoms with Crippen LogP contribution in [0.2, 0.25) is 0 Å². The Kier molecular flexibility index (Phi) is 3.48. The van der Waals surface area contributed by atoms with E-state index in [1.165, 1.54) is 11.8 Å². The van der Waals surface area contributed by atoms with Gasteiger partial charge in [0, 0.05) is 19.0 Å². The molecule has 1 atom stereocenters. The van der Waals surface area contributed by atoms with E-state index in [9.17, 15) is 4.79 Å². The van der Waals surface area contributed by atoms with Crippen molar-refractivity contribution < 1.29 is 9.53 Å². The van der Waals surface area contributed by atoms with Crippen LogP contribution >= 0.6 is 11.8 Å². The Morgan fingerprint density at radius 3 is 2.85 bits per heavy atom. The van der Waals surface area contributed by atoms with Crippen LogP contribution in [0, 0.1) is 6.92 Å². The number of ether oxygens (including phenoxy) is 1. The SMILES string of the molecule is Cc1ccccc1-c1nnc(S[C@@H]2CCOC2=O)n1C. The van der Waals surface area contributed by atoms with Gasteiger partial charge in [-0.05, 0) is 12.5 Å². The van der Waals surface area contributed by atoms with Gasteiger partial charge < -0.3 is 9.30 Å². The summed E-state index contributed by atoms with van der Waals surface area (Å²) in [5.41, 5.74) is 2.21. The highest BCUT2D eigenvalue weighted by molar-refractivity contribution is 8.00. The second-order valence-electron chi connectivity index (χ2n) is 4.74. The van der Waals surface area contributed by atoms with Crippen LogP contribution in [0.15, 0.2) is 29.4 Å². The Hall–Kier alpha value is -1.82. The maximum absolute atomic E-state index is 11.5. The van der Waals surface area contributed by atoms with Crippen LogP contribution in [0.1, 0.15) is 12.0 Å². The molecule has 6 heteroatoms. The quantitative estimate of drug-likeness (QED) is 0.811. The van der Waals surface area contributed by atoms with E-state index in [1.807, 2.05) is 42.8 Å². The number of nitrogens with zero attached hydrogens (tertiary/aromatic N) is 3. The molecular weight excluding hydrogens is 274 g/mol. The molecule has 104 valence electrons. The molecule has 0 saturated carbocycles. The first kappa shape index (κ1) is 13.2. The molecule has 1 aromatic carbocycles. The monoisotopic (exact) mass is 289 g/mol. The Balaban J connectivity index is 1.89. The molecule has 0 N–H and O–H groups in total. The minimum Gasteiger partial charge on any atom is -0.465 e. The van der Waals surface area contributed by atoms with E-state index in [2.05, 4.69) is 10.2 Å². The number of esters is 1. The Morgan fingerprint density at radius 1 is 1.35 bits per heavy atom. The molecule has 0 unspecified atom stereocenters. The van der Waals surface area contributed by atoms with E-state index in [0.29, 0.717) is 6.61 Å². The van der Waals surface area contributed by atoms with Gasteiger partial charge in [0.25, 0.3) is 0 Å². The molecule has 5 nitrogen and oxygen atoms in total. The second-order valence-corrected chi connectivity index (χ2v) is 5.91. The zero-order chi connectivity index (χ0) is 14.1. The summed E-state index contributed by atoms with van der Waals surface area (Å²) in [6.45, 7) is 2.55. The molecule has 3 rings (SSSR count). The van der Waals surface area contributed by atoms with Gasteiger partial charge in [0.05, 0.1) is 6.61 Å². The van der Waals surface area contributed by atoms with Crippen molar-refractivity contribution >= 4 is 17.7 Å². The van der Waals surface area contributed by atoms with Gasteiger partial charge in [0.1, 0.15) is 5.25 Å². The van der Waals surface area contributed by atoms with Gasteiger partial charge in [-0.15, -0.1) is 10.2 Å². The Labute approximate surface area is 121 Å². The van der Waals surface area contributed by atoms with Gasteiger partial charge in [-0.25, -0.2) is 0 Å². The van der Waals surface area contributed by atoms with E-state index < -0.39 is 0 Å². The van der Waals surface area contributed by atoms with Crippen molar-refractivity contribution in [2.45, 2.75) is 23.8 Å². The van der Waals surface area contributed by atoms with E-state index in [1.54, 1.807) is 0 Å². The van der Waals surface area contributed by atoms with Gasteiger partial charge in [0.15, 0.2) is 11.0 Å². The van der Waals surface area contributed by atoms with Gasteiger partial charge in [-0.1, -0.05) is 36.0 Å². The highest BCUT2D eigenvalue weighted by atomic mass is 32.2. The summed E-state index contributed by atoms with van der Waals surface area (Å²) in [5.74, 6) is 0.660. The largest absolute Gasteiger partial charge is 0.465 e. The summed E-state index contributed by atoms with van der Waals surface area (Å²) in [6.07, 6.45) is 0.732. The van der Waals surface area contributed by atoms with Crippen molar-refractivity contribution in [2.24, 2.45) is 7.05 Å². The summed E-state index contributed by atoms with van der Waals surface area (Å²) in [6, 6.07) is 8.06. The smallest absolute Gasteiger partial charge is 0.319 e. The topological polar surface area (TPSA) is 57.0 Å². The average Bonchev–Trinajstić information content (AvgIpc) is 2.99. The number of cyclic esters (lactones) is 1. The number of carbonyl (C=O) groups is 1. The molecule has 0 bridgehead atoms. The van der Waals surface area contributed by atoms with Crippen LogP contribution in [0.25, 0.3) is 11.4 Å². The third-order valence-corrected chi connectivity index (χ3v) is 4.63. The first-order chi connectivity index (χ1) is 9.66. The lowest BCUT2D eigenvalue weighted by molar-refractivity contribution is -0.137. The number of carbonyl (C=O) groups excluding carboxylic acids is 1. The molecule has 2 heterocycles. The number of hydrogen-bond acceptors (Lipinski definition) is 5. The molecule has 20 heavy (non-hydrogen) atoms. The van der Waals surface area contributed by atoms with Crippen LogP contribution in [-0.4, -0.2) is 32.6 Å². The zero-order valence-electron chi connectivity index (χ0n) is 11.4. The molecule has 0 radical (unpaired) electrons. The zero-order valence-corrected chi connectivity index (χ0v) is 12.2. The molecule has 1 fully saturated rings. The number of benzene rings is 1. The van der Waals surface area contributed by atoms with Crippen LogP contribution in [0.5, 0.6) is 0 Å². The number of aryl methyl sites for hydroxylation is 1. The van der Waals surface area contributed by atoms with Crippen molar-refractivity contribution in [2.75, 3.05) is 6.61 Å². The van der Waals surface area contributed by atoms with Gasteiger partial charge in [0.2, 0.25) is 0 Å². The van der Waals surface area contributed by atoms with Crippen LogP contribution < -0.4 is 0 Å². The summed E-state index contributed by atoms with van der Waals surface area (Å²) in [5, 5.41) is 9.03. The molecule has 0 spiro atoms. The first-order valence-electron chi connectivity index (χ1n) is 6.45. The molecule has 1 saturated heterocycles. The van der Waals surface area contributed by atoms with Crippen LogP contribution in [0.3, 0.4) is 0 Å². The number of hydrogen-bond donors (Lipinski definition) is 0. The highest BCUT2D eigenvalue weighted by Crippen LogP contribution is 2.30. The van der Waals surface area contributed by atoms with Crippen molar-refractivity contribution in [3.63, 3.8) is 0 Å². The average molecular weight is 289 g/mol. The van der Waals surface area contributed by atoms with Gasteiger partial charge >= 0.3 is 5.97 Å². The normalized spacial score (nSPS) is 18.3. The summed E-state index contributed by atoms with van der Waals surface area (Å²) in [7, 11) is 1.92. The first-order valence-corrected chi connectivity index (χ1v) is 7.33. The van der Waals surface area contributed by atoms with Crippen molar-refractivity contribution in [3.8, 4) is 11.4 Å². The number of rotatable bonds is 3. The fourth-order valence-corrected chi connectivity index (χ4v) is 3.15. The van der Waals surface area contributed by atoms with Crippen LogP contribution in [-0.2, 0) is 16.6 Å².